The Balaban J connectivity index is 2.25. The highest BCUT2D eigenvalue weighted by Gasteiger charge is 2.11. The Morgan fingerprint density at radius 3 is 2.29 bits per heavy atom. The molecule has 0 heterocycles. The summed E-state index contributed by atoms with van der Waals surface area (Å²) in [7, 11) is 1.39. The van der Waals surface area contributed by atoms with Crippen molar-refractivity contribution in [1.29, 1.82) is 0 Å². The van der Waals surface area contributed by atoms with E-state index < -0.39 is 16.0 Å². The van der Waals surface area contributed by atoms with Crippen molar-refractivity contribution in [2.24, 2.45) is 0 Å². The smallest absolute Gasteiger partial charge is 0.269 e. The van der Waals surface area contributed by atoms with Crippen molar-refractivity contribution >= 4 is 16.8 Å². The molecule has 2 aromatic rings. The fraction of sp³-hybridized carbons (Fsp3) is 0.0769. The number of methoxy groups -OCH3 is 1. The van der Waals surface area contributed by atoms with E-state index in [1.807, 2.05) is 0 Å². The van der Waals surface area contributed by atoms with Gasteiger partial charge in [0.2, 0.25) is 0 Å². The molecule has 0 aliphatic rings. The number of hydrogen-bond acceptors (Lipinski definition) is 5. The number of nitro benzene ring substituents is 1. The van der Waals surface area contributed by atoms with E-state index in [1.54, 1.807) is 6.07 Å². The Hall–Kier alpha value is -2.45. The van der Waals surface area contributed by atoms with Gasteiger partial charge in [0.05, 0.1) is 12.0 Å². The van der Waals surface area contributed by atoms with Crippen LogP contribution in [-0.2, 0) is 11.1 Å². The molecule has 8 heteroatoms. The maximum atomic E-state index is 11.2. The molecule has 1 N–H and O–H groups in total. The van der Waals surface area contributed by atoms with Crippen molar-refractivity contribution in [3.05, 3.63) is 52.6 Å². The van der Waals surface area contributed by atoms with Gasteiger partial charge in [0, 0.05) is 18.2 Å². The lowest BCUT2D eigenvalue weighted by atomic mass is 10.3. The van der Waals surface area contributed by atoms with E-state index in [1.165, 1.54) is 43.5 Å². The lowest BCUT2D eigenvalue weighted by Crippen LogP contribution is -1.95. The summed E-state index contributed by atoms with van der Waals surface area (Å²) >= 11 is -2.21. The van der Waals surface area contributed by atoms with Crippen LogP contribution < -0.4 is 9.47 Å². The Labute approximate surface area is 122 Å². The number of nitrogens with zero attached hydrogens (tertiary/aromatic N) is 1. The Morgan fingerprint density at radius 1 is 1.14 bits per heavy atom. The van der Waals surface area contributed by atoms with E-state index in [9.17, 15) is 18.9 Å². The van der Waals surface area contributed by atoms with E-state index in [0.29, 0.717) is 11.5 Å². The lowest BCUT2D eigenvalue weighted by Gasteiger charge is -2.09. The first-order valence-electron chi connectivity index (χ1n) is 5.72. The quantitative estimate of drug-likeness (QED) is 0.518. The summed E-state index contributed by atoms with van der Waals surface area (Å²) in [5.41, 5.74) is -0.0470. The van der Waals surface area contributed by atoms with E-state index in [2.05, 4.69) is 0 Å². The van der Waals surface area contributed by atoms with Crippen molar-refractivity contribution in [1.82, 2.24) is 0 Å². The van der Waals surface area contributed by atoms with Crippen LogP contribution in [0.1, 0.15) is 0 Å². The van der Waals surface area contributed by atoms with Gasteiger partial charge in [-0.05, 0) is 24.3 Å². The Bertz CT molecular complexity index is 686. The van der Waals surface area contributed by atoms with Gasteiger partial charge in [0.15, 0.2) is 11.1 Å². The summed E-state index contributed by atoms with van der Waals surface area (Å²) in [5, 5.41) is 10.5. The number of non-ortho nitro benzene ring substituents is 1. The molecular formula is C13H11NO6S. The second-order valence-electron chi connectivity index (χ2n) is 3.91. The molecule has 0 bridgehead atoms. The molecule has 0 saturated carbocycles. The van der Waals surface area contributed by atoms with Gasteiger partial charge in [0.1, 0.15) is 22.1 Å². The molecule has 110 valence electrons. The van der Waals surface area contributed by atoms with Crippen molar-refractivity contribution in [3.63, 3.8) is 0 Å². The predicted octanol–water partition coefficient (Wildman–Crippen LogP) is 2.98. The summed E-state index contributed by atoms with van der Waals surface area (Å²) in [6.45, 7) is 0. The number of rotatable bonds is 5. The summed E-state index contributed by atoms with van der Waals surface area (Å²) in [4.78, 5) is 10.1. The van der Waals surface area contributed by atoms with E-state index in [-0.39, 0.29) is 16.3 Å². The minimum atomic E-state index is -2.21. The fourth-order valence-electron chi connectivity index (χ4n) is 1.63. The molecule has 0 amide bonds. The van der Waals surface area contributed by atoms with Gasteiger partial charge >= 0.3 is 0 Å². The van der Waals surface area contributed by atoms with Gasteiger partial charge in [-0.2, -0.15) is 0 Å². The van der Waals surface area contributed by atoms with Gasteiger partial charge in [-0.3, -0.25) is 10.1 Å². The number of benzene rings is 2. The van der Waals surface area contributed by atoms with E-state index >= 15 is 0 Å². The van der Waals surface area contributed by atoms with Crippen LogP contribution >= 0.6 is 0 Å². The maximum absolute atomic E-state index is 11.2. The third-order valence-corrected chi connectivity index (χ3v) is 3.30. The molecule has 21 heavy (non-hydrogen) atoms. The van der Waals surface area contributed by atoms with Gasteiger partial charge in [-0.1, -0.05) is 0 Å². The molecule has 0 fully saturated rings. The van der Waals surface area contributed by atoms with Gasteiger partial charge in [0.25, 0.3) is 5.69 Å². The Kier molecular flexibility index (Phi) is 4.51. The van der Waals surface area contributed by atoms with Crippen LogP contribution in [0.15, 0.2) is 47.4 Å². The highest BCUT2D eigenvalue weighted by molar-refractivity contribution is 7.79. The lowest BCUT2D eigenvalue weighted by molar-refractivity contribution is -0.384. The van der Waals surface area contributed by atoms with Crippen LogP contribution in [0.3, 0.4) is 0 Å². The van der Waals surface area contributed by atoms with Crippen LogP contribution in [0.25, 0.3) is 0 Å². The molecule has 1 atom stereocenters. The summed E-state index contributed by atoms with van der Waals surface area (Å²) < 4.78 is 30.8. The second-order valence-corrected chi connectivity index (χ2v) is 4.85. The molecule has 0 saturated heterocycles. The molecule has 0 aliphatic heterocycles. The molecule has 0 spiro atoms. The largest absolute Gasteiger partial charge is 0.495 e. The van der Waals surface area contributed by atoms with Crippen LogP contribution in [0, 0.1) is 10.1 Å². The number of nitro groups is 1. The van der Waals surface area contributed by atoms with E-state index in [0.717, 1.165) is 0 Å². The van der Waals surface area contributed by atoms with Crippen molar-refractivity contribution in [3.8, 4) is 17.2 Å². The topological polar surface area (TPSA) is 98.9 Å². The summed E-state index contributed by atoms with van der Waals surface area (Å²) in [6.07, 6.45) is 0. The van der Waals surface area contributed by atoms with Crippen LogP contribution in [0.2, 0.25) is 0 Å². The van der Waals surface area contributed by atoms with Crippen molar-refractivity contribution in [2.75, 3.05) is 7.11 Å². The molecule has 2 rings (SSSR count). The highest BCUT2D eigenvalue weighted by atomic mass is 32.2. The third-order valence-electron chi connectivity index (χ3n) is 2.61. The molecular weight excluding hydrogens is 298 g/mol. The Morgan fingerprint density at radius 2 is 1.76 bits per heavy atom. The molecule has 1 unspecified atom stereocenters. The van der Waals surface area contributed by atoms with Crippen molar-refractivity contribution in [2.45, 2.75) is 4.90 Å². The average Bonchev–Trinajstić information content (AvgIpc) is 2.47. The zero-order valence-corrected chi connectivity index (χ0v) is 11.7. The van der Waals surface area contributed by atoms with Crippen LogP contribution in [0.4, 0.5) is 5.69 Å². The van der Waals surface area contributed by atoms with E-state index in [4.69, 9.17) is 9.47 Å². The maximum Gasteiger partial charge on any atom is 0.269 e. The fourth-order valence-corrected chi connectivity index (χ4v) is 2.17. The first-order chi connectivity index (χ1) is 10.0. The summed E-state index contributed by atoms with van der Waals surface area (Å²) in [5.74, 6) is 0.967. The zero-order chi connectivity index (χ0) is 15.4. The molecule has 7 nitrogen and oxygen atoms in total. The SMILES string of the molecule is COc1ccc(Oc2ccc([N+](=O)[O-])cc2)cc1S(=O)O. The molecule has 0 aliphatic carbocycles. The first kappa shape index (κ1) is 14.9. The predicted molar refractivity (Wildman–Crippen MR) is 75.2 cm³/mol. The number of ether oxygens (including phenoxy) is 2. The van der Waals surface area contributed by atoms with Gasteiger partial charge in [-0.25, -0.2) is 4.21 Å². The monoisotopic (exact) mass is 309 g/mol. The van der Waals surface area contributed by atoms with Gasteiger partial charge in [-0.15, -0.1) is 0 Å². The number of hydrogen-bond donors (Lipinski definition) is 1. The minimum Gasteiger partial charge on any atom is -0.495 e. The zero-order valence-electron chi connectivity index (χ0n) is 10.9. The highest BCUT2D eigenvalue weighted by Crippen LogP contribution is 2.30. The second kappa shape index (κ2) is 6.33. The summed E-state index contributed by atoms with van der Waals surface area (Å²) in [6, 6.07) is 9.95. The normalized spacial score (nSPS) is 11.7. The van der Waals surface area contributed by atoms with Gasteiger partial charge < -0.3 is 14.0 Å². The van der Waals surface area contributed by atoms with Crippen LogP contribution in [0.5, 0.6) is 17.2 Å². The standard InChI is InChI=1S/C13H11NO6S/c1-19-12-7-6-11(8-13(12)21(17)18)20-10-4-2-9(3-5-10)14(15)16/h2-8H,1H3,(H,17,18). The van der Waals surface area contributed by atoms with Crippen LogP contribution in [-0.4, -0.2) is 20.8 Å². The first-order valence-corrected chi connectivity index (χ1v) is 6.83. The third kappa shape index (κ3) is 3.56. The van der Waals surface area contributed by atoms with Crippen molar-refractivity contribution < 1.29 is 23.2 Å². The molecule has 0 radical (unpaired) electrons. The molecule has 2 aromatic carbocycles. The average molecular weight is 309 g/mol. The minimum absolute atomic E-state index is 0.0470. The molecule has 0 aromatic heterocycles.